The summed E-state index contributed by atoms with van der Waals surface area (Å²) in [6.45, 7) is 3.58. The third kappa shape index (κ3) is 4.93. The van der Waals surface area contributed by atoms with Gasteiger partial charge in [-0.1, -0.05) is 0 Å². The lowest BCUT2D eigenvalue weighted by Crippen LogP contribution is -2.35. The maximum atomic E-state index is 5.54. The Morgan fingerprint density at radius 3 is 2.83 bits per heavy atom. The van der Waals surface area contributed by atoms with Gasteiger partial charge in [0.1, 0.15) is 0 Å². The van der Waals surface area contributed by atoms with E-state index in [1.807, 2.05) is 0 Å². The molecule has 0 aliphatic carbocycles. The predicted octanol–water partition coefficient (Wildman–Crippen LogP) is 0.823. The van der Waals surface area contributed by atoms with Crippen molar-refractivity contribution in [2.45, 2.75) is 18.9 Å². The third-order valence-electron chi connectivity index (χ3n) is 1.89. The van der Waals surface area contributed by atoms with Crippen molar-refractivity contribution in [3.63, 3.8) is 0 Å². The molecule has 0 aromatic rings. The molecule has 12 heavy (non-hydrogen) atoms. The second-order valence-electron chi connectivity index (χ2n) is 2.83. The number of rotatable bonds is 4. The summed E-state index contributed by atoms with van der Waals surface area (Å²) in [6, 6.07) is 0. The van der Waals surface area contributed by atoms with Crippen LogP contribution in [0, 0.1) is 0 Å². The molecule has 4 heteroatoms. The maximum Gasteiger partial charge on any atom is 0.0704 e. The van der Waals surface area contributed by atoms with Crippen LogP contribution in [0.15, 0.2) is 0 Å². The normalized spacial score (nSPS) is 23.2. The number of nitrogens with one attached hydrogen (secondary N) is 1. The number of halogens is 1. The lowest BCUT2D eigenvalue weighted by atomic mass is 10.1. The zero-order valence-electron chi connectivity index (χ0n) is 7.54. The Labute approximate surface area is 80.2 Å². The van der Waals surface area contributed by atoms with Gasteiger partial charge in [0.2, 0.25) is 0 Å². The van der Waals surface area contributed by atoms with Crippen LogP contribution < -0.4 is 5.32 Å². The van der Waals surface area contributed by atoms with Gasteiger partial charge in [0.25, 0.3) is 0 Å². The molecule has 0 unspecified atom stereocenters. The van der Waals surface area contributed by atoms with Crippen LogP contribution in [-0.4, -0.2) is 39.5 Å². The van der Waals surface area contributed by atoms with Crippen LogP contribution in [0.3, 0.4) is 0 Å². The lowest BCUT2D eigenvalue weighted by molar-refractivity contribution is 0.00644. The van der Waals surface area contributed by atoms with E-state index < -0.39 is 0 Å². The largest absolute Gasteiger partial charge is 0.382 e. The molecule has 0 bridgehead atoms. The molecule has 0 aromatic heterocycles. The van der Waals surface area contributed by atoms with Gasteiger partial charge < -0.3 is 14.8 Å². The molecule has 1 fully saturated rings. The molecule has 0 spiro atoms. The molecule has 3 nitrogen and oxygen atoms in total. The van der Waals surface area contributed by atoms with Gasteiger partial charge in [-0.3, -0.25) is 0 Å². The molecule has 1 aliphatic rings. The van der Waals surface area contributed by atoms with Crippen molar-refractivity contribution in [3.8, 4) is 0 Å². The van der Waals surface area contributed by atoms with Crippen LogP contribution in [0.2, 0.25) is 0 Å². The van der Waals surface area contributed by atoms with Crippen molar-refractivity contribution in [1.82, 2.24) is 5.32 Å². The van der Waals surface area contributed by atoms with Crippen molar-refractivity contribution < 1.29 is 9.47 Å². The van der Waals surface area contributed by atoms with Crippen LogP contribution in [0.4, 0.5) is 0 Å². The highest BCUT2D eigenvalue weighted by atomic mass is 35.5. The number of ether oxygens (including phenoxy) is 2. The Bertz CT molecular complexity index is 97.1. The summed E-state index contributed by atoms with van der Waals surface area (Å²) in [5.41, 5.74) is 0. The number of hydrogen-bond acceptors (Lipinski definition) is 3. The summed E-state index contributed by atoms with van der Waals surface area (Å²) in [6.07, 6.45) is 2.84. The van der Waals surface area contributed by atoms with Crippen molar-refractivity contribution in [3.05, 3.63) is 0 Å². The molecule has 0 saturated carbocycles. The summed E-state index contributed by atoms with van der Waals surface area (Å²) in [5.74, 6) is 0. The Hall–Kier alpha value is 0.170. The van der Waals surface area contributed by atoms with Crippen LogP contribution in [0.25, 0.3) is 0 Å². The van der Waals surface area contributed by atoms with E-state index in [4.69, 9.17) is 9.47 Å². The van der Waals surface area contributed by atoms with Gasteiger partial charge in [-0.25, -0.2) is 0 Å². The zero-order chi connectivity index (χ0) is 7.94. The highest BCUT2D eigenvalue weighted by Crippen LogP contribution is 2.04. The van der Waals surface area contributed by atoms with E-state index >= 15 is 0 Å². The monoisotopic (exact) mass is 195 g/mol. The molecule has 1 atom stereocenters. The Balaban J connectivity index is 0.00000121. The molecular formula is C8H18ClNO2. The average molecular weight is 196 g/mol. The lowest BCUT2D eigenvalue weighted by Gasteiger charge is -2.22. The van der Waals surface area contributed by atoms with E-state index in [-0.39, 0.29) is 12.4 Å². The van der Waals surface area contributed by atoms with Crippen molar-refractivity contribution in [2.24, 2.45) is 0 Å². The van der Waals surface area contributed by atoms with Crippen LogP contribution >= 0.6 is 12.4 Å². The van der Waals surface area contributed by atoms with Gasteiger partial charge in [0.05, 0.1) is 19.3 Å². The van der Waals surface area contributed by atoms with E-state index in [2.05, 4.69) is 5.32 Å². The number of hydrogen-bond donors (Lipinski definition) is 1. The van der Waals surface area contributed by atoms with Crippen molar-refractivity contribution in [1.29, 1.82) is 0 Å². The van der Waals surface area contributed by atoms with Gasteiger partial charge in [0.15, 0.2) is 0 Å². The summed E-state index contributed by atoms with van der Waals surface area (Å²) in [4.78, 5) is 0. The first kappa shape index (κ1) is 12.2. The molecule has 0 radical (unpaired) electrons. The summed E-state index contributed by atoms with van der Waals surface area (Å²) < 4.78 is 10.4. The highest BCUT2D eigenvalue weighted by Gasteiger charge is 2.11. The zero-order valence-corrected chi connectivity index (χ0v) is 8.36. The molecule has 1 rings (SSSR count). The van der Waals surface area contributed by atoms with Gasteiger partial charge in [-0.05, 0) is 19.4 Å². The van der Waals surface area contributed by atoms with E-state index in [1.165, 1.54) is 12.8 Å². The first-order valence-corrected chi connectivity index (χ1v) is 4.24. The van der Waals surface area contributed by atoms with Gasteiger partial charge in [0, 0.05) is 13.7 Å². The molecule has 0 aromatic carbocycles. The topological polar surface area (TPSA) is 30.5 Å². The van der Waals surface area contributed by atoms with E-state index in [1.54, 1.807) is 7.11 Å². The smallest absolute Gasteiger partial charge is 0.0704 e. The molecule has 1 heterocycles. The highest BCUT2D eigenvalue weighted by molar-refractivity contribution is 5.85. The van der Waals surface area contributed by atoms with E-state index in [9.17, 15) is 0 Å². The molecule has 0 amide bonds. The maximum absolute atomic E-state index is 5.54. The van der Waals surface area contributed by atoms with Crippen LogP contribution in [-0.2, 0) is 9.47 Å². The number of piperidine rings is 1. The third-order valence-corrected chi connectivity index (χ3v) is 1.89. The Morgan fingerprint density at radius 2 is 2.25 bits per heavy atom. The second-order valence-corrected chi connectivity index (χ2v) is 2.83. The fraction of sp³-hybridized carbons (Fsp3) is 1.00. The second kappa shape index (κ2) is 7.80. The van der Waals surface area contributed by atoms with Crippen LogP contribution in [0.5, 0.6) is 0 Å². The van der Waals surface area contributed by atoms with E-state index in [0.717, 1.165) is 19.7 Å². The molecule has 74 valence electrons. The standard InChI is InChI=1S/C8H17NO2.ClH/c1-10-5-6-11-8-3-2-4-9-7-8;/h8-9H,2-7H2,1H3;1H/t8-;/m1./s1. The summed E-state index contributed by atoms with van der Waals surface area (Å²) in [7, 11) is 1.70. The van der Waals surface area contributed by atoms with Gasteiger partial charge >= 0.3 is 0 Å². The minimum absolute atomic E-state index is 0. The fourth-order valence-electron chi connectivity index (χ4n) is 1.26. The molecule has 1 N–H and O–H groups in total. The molecule has 1 saturated heterocycles. The van der Waals surface area contributed by atoms with Crippen molar-refractivity contribution in [2.75, 3.05) is 33.4 Å². The van der Waals surface area contributed by atoms with Crippen molar-refractivity contribution >= 4 is 12.4 Å². The Morgan fingerprint density at radius 1 is 1.42 bits per heavy atom. The average Bonchev–Trinajstić information content (AvgIpc) is 2.07. The van der Waals surface area contributed by atoms with Gasteiger partial charge in [-0.2, -0.15) is 0 Å². The predicted molar refractivity (Wildman–Crippen MR) is 51.0 cm³/mol. The van der Waals surface area contributed by atoms with Gasteiger partial charge in [-0.15, -0.1) is 12.4 Å². The fourth-order valence-corrected chi connectivity index (χ4v) is 1.26. The first-order chi connectivity index (χ1) is 5.43. The molecular weight excluding hydrogens is 178 g/mol. The quantitative estimate of drug-likeness (QED) is 0.674. The number of methoxy groups -OCH3 is 1. The molecule has 1 aliphatic heterocycles. The minimum atomic E-state index is 0. The van der Waals surface area contributed by atoms with E-state index in [0.29, 0.717) is 12.7 Å². The minimum Gasteiger partial charge on any atom is -0.382 e. The SMILES string of the molecule is COCCO[C@@H]1CCCNC1.Cl. The Kier molecular flexibility index (Phi) is 7.91. The first-order valence-electron chi connectivity index (χ1n) is 4.24. The summed E-state index contributed by atoms with van der Waals surface area (Å²) in [5, 5.41) is 3.30. The summed E-state index contributed by atoms with van der Waals surface area (Å²) >= 11 is 0. The van der Waals surface area contributed by atoms with Crippen LogP contribution in [0.1, 0.15) is 12.8 Å².